The molecule has 0 saturated heterocycles. The Bertz CT molecular complexity index is 708. The fourth-order valence-corrected chi connectivity index (χ4v) is 2.60. The van der Waals surface area contributed by atoms with Crippen LogP contribution in [0, 0.1) is 20.8 Å². The molecule has 0 unspecified atom stereocenters. The third-order valence-electron chi connectivity index (χ3n) is 3.61. The number of hydrogen-bond donors (Lipinski definition) is 3. The number of hydrogen-bond acceptors (Lipinski definition) is 4. The van der Waals surface area contributed by atoms with E-state index in [1.807, 2.05) is 0 Å². The third kappa shape index (κ3) is 4.36. The molecule has 0 aliphatic rings. The summed E-state index contributed by atoms with van der Waals surface area (Å²) in [5.41, 5.74) is 11.3. The third-order valence-corrected chi connectivity index (χ3v) is 3.85. The number of pyridine rings is 1. The lowest BCUT2D eigenvalue weighted by Crippen LogP contribution is -2.15. The molecular weight excluding hydrogens is 312 g/mol. The number of benzene rings is 1. The molecule has 5 nitrogen and oxygen atoms in total. The van der Waals surface area contributed by atoms with Crippen molar-refractivity contribution in [1.82, 2.24) is 4.98 Å². The summed E-state index contributed by atoms with van der Waals surface area (Å²) in [5, 5.41) is 5.87. The molecule has 0 saturated carbocycles. The van der Waals surface area contributed by atoms with Crippen LogP contribution in [0.25, 0.3) is 0 Å². The number of anilines is 3. The molecule has 0 aliphatic heterocycles. The number of carbonyl (C=O) groups is 1. The van der Waals surface area contributed by atoms with Crippen LogP contribution in [0.3, 0.4) is 0 Å². The molecule has 0 atom stereocenters. The maximum Gasteiger partial charge on any atom is 0.239 e. The lowest BCUT2D eigenvalue weighted by atomic mass is 10.00. The lowest BCUT2D eigenvalue weighted by molar-refractivity contribution is -0.113. The quantitative estimate of drug-likeness (QED) is 0.733. The van der Waals surface area contributed by atoms with E-state index >= 15 is 0 Å². The number of nitrogens with zero attached hydrogens (tertiary/aromatic N) is 1. The van der Waals surface area contributed by atoms with Gasteiger partial charge in [0.25, 0.3) is 0 Å². The summed E-state index contributed by atoms with van der Waals surface area (Å²) in [4.78, 5) is 15.6. The summed E-state index contributed by atoms with van der Waals surface area (Å²) in [5.74, 6) is 0.481. The number of nitrogen functional groups attached to an aromatic ring is 1. The maximum absolute atomic E-state index is 11.3. The molecule has 0 spiro atoms. The number of halogens is 1. The number of carbonyl (C=O) groups excluding carboxylic acids is 1. The SMILES string of the molecule is Cc1cc(C)c(CNc2ccc(NC(=O)CCl)c(N)n2)c(C)c1. The molecule has 1 heterocycles. The van der Waals surface area contributed by atoms with Crippen molar-refractivity contribution in [3.05, 3.63) is 46.5 Å². The van der Waals surface area contributed by atoms with E-state index in [0.29, 0.717) is 18.1 Å². The molecule has 0 bridgehead atoms. The van der Waals surface area contributed by atoms with Gasteiger partial charge in [0, 0.05) is 6.54 Å². The van der Waals surface area contributed by atoms with Crippen molar-refractivity contribution >= 4 is 34.8 Å². The first-order valence-corrected chi connectivity index (χ1v) is 7.87. The Balaban J connectivity index is 2.10. The van der Waals surface area contributed by atoms with Crippen LogP contribution in [0.5, 0.6) is 0 Å². The van der Waals surface area contributed by atoms with E-state index < -0.39 is 0 Å². The van der Waals surface area contributed by atoms with E-state index in [9.17, 15) is 4.79 Å². The number of amides is 1. The van der Waals surface area contributed by atoms with E-state index in [4.69, 9.17) is 17.3 Å². The summed E-state index contributed by atoms with van der Waals surface area (Å²) in [6, 6.07) is 7.82. The van der Waals surface area contributed by atoms with Gasteiger partial charge in [-0.1, -0.05) is 17.7 Å². The highest BCUT2D eigenvalue weighted by Gasteiger charge is 2.08. The van der Waals surface area contributed by atoms with Crippen molar-refractivity contribution < 1.29 is 4.79 Å². The number of rotatable bonds is 5. The van der Waals surface area contributed by atoms with Crippen LogP contribution in [0.15, 0.2) is 24.3 Å². The second-order valence-corrected chi connectivity index (χ2v) is 5.81. The van der Waals surface area contributed by atoms with Crippen molar-refractivity contribution in [3.63, 3.8) is 0 Å². The van der Waals surface area contributed by atoms with E-state index in [1.165, 1.54) is 22.3 Å². The highest BCUT2D eigenvalue weighted by molar-refractivity contribution is 6.29. The standard InChI is InChI=1S/C17H21ClN4O/c1-10-6-11(2)13(12(3)7-10)9-20-15-5-4-14(17(19)22-15)21-16(23)8-18/h4-7H,8-9H2,1-3H3,(H,21,23)(H3,19,20,22). The van der Waals surface area contributed by atoms with Gasteiger partial charge in [-0.25, -0.2) is 4.98 Å². The number of nitrogens with one attached hydrogen (secondary N) is 2. The molecule has 4 N–H and O–H groups in total. The Morgan fingerprint density at radius 1 is 1.22 bits per heavy atom. The average molecular weight is 333 g/mol. The highest BCUT2D eigenvalue weighted by Crippen LogP contribution is 2.21. The Morgan fingerprint density at radius 3 is 2.43 bits per heavy atom. The molecule has 1 aromatic carbocycles. The van der Waals surface area contributed by atoms with E-state index in [0.717, 1.165) is 0 Å². The lowest BCUT2D eigenvalue weighted by Gasteiger charge is -2.14. The van der Waals surface area contributed by atoms with Crippen LogP contribution < -0.4 is 16.4 Å². The largest absolute Gasteiger partial charge is 0.382 e. The minimum Gasteiger partial charge on any atom is -0.382 e. The zero-order valence-electron chi connectivity index (χ0n) is 13.5. The summed E-state index contributed by atoms with van der Waals surface area (Å²) in [7, 11) is 0. The molecule has 0 fully saturated rings. The van der Waals surface area contributed by atoms with Gasteiger partial charge in [0.15, 0.2) is 0 Å². The molecule has 122 valence electrons. The Kier molecular flexibility index (Phi) is 5.45. The van der Waals surface area contributed by atoms with E-state index in [-0.39, 0.29) is 17.6 Å². The van der Waals surface area contributed by atoms with Gasteiger partial charge in [-0.05, 0) is 49.6 Å². The zero-order chi connectivity index (χ0) is 17.0. The smallest absolute Gasteiger partial charge is 0.239 e. The molecule has 1 aromatic heterocycles. The van der Waals surface area contributed by atoms with Gasteiger partial charge < -0.3 is 16.4 Å². The van der Waals surface area contributed by atoms with Crippen LogP contribution in [-0.2, 0) is 11.3 Å². The number of alkyl halides is 1. The molecule has 0 aliphatic carbocycles. The number of aromatic nitrogens is 1. The normalized spacial score (nSPS) is 10.4. The summed E-state index contributed by atoms with van der Waals surface area (Å²) >= 11 is 5.46. The molecule has 0 radical (unpaired) electrons. The molecular formula is C17H21ClN4O. The van der Waals surface area contributed by atoms with E-state index in [1.54, 1.807) is 12.1 Å². The second-order valence-electron chi connectivity index (χ2n) is 5.54. The van der Waals surface area contributed by atoms with Crippen molar-refractivity contribution in [1.29, 1.82) is 0 Å². The topological polar surface area (TPSA) is 80.0 Å². The van der Waals surface area contributed by atoms with Gasteiger partial charge in [-0.2, -0.15) is 0 Å². The fourth-order valence-electron chi connectivity index (χ4n) is 2.53. The molecule has 1 amide bonds. The highest BCUT2D eigenvalue weighted by atomic mass is 35.5. The summed E-state index contributed by atoms with van der Waals surface area (Å²) in [6.07, 6.45) is 0. The first-order valence-electron chi connectivity index (χ1n) is 7.33. The van der Waals surface area contributed by atoms with E-state index in [2.05, 4.69) is 48.5 Å². The number of aryl methyl sites for hydroxylation is 3. The van der Waals surface area contributed by atoms with Crippen LogP contribution >= 0.6 is 11.6 Å². The van der Waals surface area contributed by atoms with Gasteiger partial charge in [-0.15, -0.1) is 11.6 Å². The molecule has 6 heteroatoms. The van der Waals surface area contributed by atoms with Gasteiger partial charge in [0.1, 0.15) is 17.5 Å². The van der Waals surface area contributed by atoms with Crippen LogP contribution in [0.1, 0.15) is 22.3 Å². The van der Waals surface area contributed by atoms with Gasteiger partial charge in [0.05, 0.1) is 5.69 Å². The van der Waals surface area contributed by atoms with Gasteiger partial charge in [0.2, 0.25) is 5.91 Å². The second kappa shape index (κ2) is 7.33. The van der Waals surface area contributed by atoms with Crippen molar-refractivity contribution in [3.8, 4) is 0 Å². The minimum absolute atomic E-state index is 0.120. The zero-order valence-corrected chi connectivity index (χ0v) is 14.3. The van der Waals surface area contributed by atoms with Crippen molar-refractivity contribution in [2.75, 3.05) is 22.2 Å². The van der Waals surface area contributed by atoms with Crippen LogP contribution in [-0.4, -0.2) is 16.8 Å². The Labute approximate surface area is 141 Å². The number of nitrogens with two attached hydrogens (primary N) is 1. The molecule has 23 heavy (non-hydrogen) atoms. The Hall–Kier alpha value is -2.27. The van der Waals surface area contributed by atoms with Gasteiger partial charge >= 0.3 is 0 Å². The first-order chi connectivity index (χ1) is 10.9. The summed E-state index contributed by atoms with van der Waals surface area (Å²) < 4.78 is 0. The van der Waals surface area contributed by atoms with Gasteiger partial charge in [-0.3, -0.25) is 4.79 Å². The Morgan fingerprint density at radius 2 is 1.87 bits per heavy atom. The summed E-state index contributed by atoms with van der Waals surface area (Å²) in [6.45, 7) is 6.96. The predicted octanol–water partition coefficient (Wildman–Crippen LogP) is 3.38. The molecule has 2 rings (SSSR count). The predicted molar refractivity (Wildman–Crippen MR) is 96.0 cm³/mol. The van der Waals surface area contributed by atoms with Crippen LogP contribution in [0.2, 0.25) is 0 Å². The maximum atomic E-state index is 11.3. The van der Waals surface area contributed by atoms with Crippen molar-refractivity contribution in [2.45, 2.75) is 27.3 Å². The first kappa shape index (κ1) is 17.1. The van der Waals surface area contributed by atoms with Crippen LogP contribution in [0.4, 0.5) is 17.3 Å². The molecule has 2 aromatic rings. The van der Waals surface area contributed by atoms with Crippen molar-refractivity contribution in [2.24, 2.45) is 0 Å². The average Bonchev–Trinajstić information content (AvgIpc) is 2.48. The minimum atomic E-state index is -0.313. The fraction of sp³-hybridized carbons (Fsp3) is 0.294. The monoisotopic (exact) mass is 332 g/mol.